The molecule has 0 amide bonds. The fourth-order valence-corrected chi connectivity index (χ4v) is 7.24. The number of phenols is 1. The number of Topliss-reactive ketones (excluding diaryl/α,β-unsaturated/α-hetero) is 1. The number of ketones is 1. The second-order valence-corrected chi connectivity index (χ2v) is 14.6. The van der Waals surface area contributed by atoms with Crippen LogP contribution >= 0.6 is 0 Å². The summed E-state index contributed by atoms with van der Waals surface area (Å²) < 4.78 is 58.8. The molecule has 0 aliphatic rings. The molecule has 0 aliphatic heterocycles. The van der Waals surface area contributed by atoms with Crippen molar-refractivity contribution >= 4 is 36.5 Å². The van der Waals surface area contributed by atoms with Crippen molar-refractivity contribution in [3.8, 4) is 16.9 Å². The summed E-state index contributed by atoms with van der Waals surface area (Å²) in [4.78, 5) is 11.6. The maximum Gasteiger partial charge on any atom is 0.294 e. The van der Waals surface area contributed by atoms with Gasteiger partial charge in [0, 0.05) is 29.9 Å². The Kier molecular flexibility index (Phi) is 9.18. The zero-order chi connectivity index (χ0) is 31.9. The van der Waals surface area contributed by atoms with Gasteiger partial charge in [0.15, 0.2) is 15.6 Å². The minimum Gasteiger partial charge on any atom is -0.507 e. The molecule has 43 heavy (non-hydrogen) atoms. The summed E-state index contributed by atoms with van der Waals surface area (Å²) in [6.45, 7) is 7.36. The van der Waals surface area contributed by atoms with E-state index in [1.807, 2.05) is 57.2 Å². The minimum atomic E-state index is -4.75. The van der Waals surface area contributed by atoms with Crippen molar-refractivity contribution in [3.63, 3.8) is 0 Å². The van der Waals surface area contributed by atoms with Crippen LogP contribution in [0.25, 0.3) is 21.9 Å². The van der Waals surface area contributed by atoms with Crippen LogP contribution in [0.2, 0.25) is 0 Å². The zero-order valence-corrected chi connectivity index (χ0v) is 26.6. The lowest BCUT2D eigenvalue weighted by Gasteiger charge is -2.16. The SMILES string of the molecule is CCCC(N)C(=O)Cc1ccc(-c2ccc(Cc3ccc4c(S(C)(=O)=O)cc(S(=O)(=O)O)c(C)c4c3O)c(C)c2)cc1C. The van der Waals surface area contributed by atoms with Gasteiger partial charge < -0.3 is 10.8 Å². The largest absolute Gasteiger partial charge is 0.507 e. The first kappa shape index (κ1) is 32.3. The van der Waals surface area contributed by atoms with Crippen LogP contribution in [0.1, 0.15) is 53.1 Å². The quantitative estimate of drug-likeness (QED) is 0.193. The molecule has 0 saturated carbocycles. The van der Waals surface area contributed by atoms with E-state index in [2.05, 4.69) is 0 Å². The fourth-order valence-electron chi connectivity index (χ4n) is 5.51. The molecule has 0 spiro atoms. The number of hydrogen-bond acceptors (Lipinski definition) is 7. The zero-order valence-electron chi connectivity index (χ0n) is 24.9. The molecule has 228 valence electrons. The number of aromatic hydroxyl groups is 1. The molecular formula is C33H37NO7S2. The molecule has 0 aliphatic carbocycles. The third-order valence-corrected chi connectivity index (χ3v) is 10.1. The Hall–Kier alpha value is -3.57. The van der Waals surface area contributed by atoms with Crippen LogP contribution in [-0.2, 0) is 37.6 Å². The Morgan fingerprint density at radius 2 is 1.40 bits per heavy atom. The molecule has 0 saturated heterocycles. The van der Waals surface area contributed by atoms with Crippen molar-refractivity contribution in [3.05, 3.63) is 88.0 Å². The number of rotatable bonds is 10. The van der Waals surface area contributed by atoms with Gasteiger partial charge in [-0.1, -0.05) is 61.9 Å². The lowest BCUT2D eigenvalue weighted by atomic mass is 9.92. The van der Waals surface area contributed by atoms with Gasteiger partial charge in [0.05, 0.1) is 15.8 Å². The summed E-state index contributed by atoms with van der Waals surface area (Å²) in [6, 6.07) is 15.6. The van der Waals surface area contributed by atoms with Crippen LogP contribution in [0.3, 0.4) is 0 Å². The molecule has 1 atom stereocenters. The van der Waals surface area contributed by atoms with Crippen LogP contribution in [0, 0.1) is 20.8 Å². The molecule has 1 unspecified atom stereocenters. The first-order valence-corrected chi connectivity index (χ1v) is 17.3. The van der Waals surface area contributed by atoms with Crippen molar-refractivity contribution in [2.75, 3.05) is 6.26 Å². The summed E-state index contributed by atoms with van der Waals surface area (Å²) in [5, 5.41) is 11.5. The van der Waals surface area contributed by atoms with E-state index < -0.39 is 30.9 Å². The monoisotopic (exact) mass is 623 g/mol. The van der Waals surface area contributed by atoms with Crippen LogP contribution in [0.4, 0.5) is 0 Å². The minimum absolute atomic E-state index is 0.0341. The molecule has 4 N–H and O–H groups in total. The van der Waals surface area contributed by atoms with Crippen LogP contribution in [-0.4, -0.2) is 44.6 Å². The highest BCUT2D eigenvalue weighted by Crippen LogP contribution is 2.39. The van der Waals surface area contributed by atoms with Crippen LogP contribution in [0.15, 0.2) is 64.4 Å². The lowest BCUT2D eigenvalue weighted by molar-refractivity contribution is -0.119. The number of aryl methyl sites for hydroxylation is 3. The Bertz CT molecular complexity index is 1960. The fraction of sp³-hybridized carbons (Fsp3) is 0.303. The summed E-state index contributed by atoms with van der Waals surface area (Å²) in [5.74, 6) is -0.208. The average molecular weight is 624 g/mol. The standard InChI is InChI=1S/C33H37NO7S2/c1-6-7-28(34)29(35)17-23-9-11-25(15-20(23)3)24-10-8-22(19(2)14-24)16-26-12-13-27-31(42(5,37)38)18-30(43(39,40)41)21(4)32(27)33(26)36/h8-15,18,28,36H,6-7,16-17,34H2,1-5H3,(H,39,40,41). The van der Waals surface area contributed by atoms with Gasteiger partial charge in [0.2, 0.25) is 0 Å². The van der Waals surface area contributed by atoms with Crippen LogP contribution in [0.5, 0.6) is 5.75 Å². The molecule has 0 aromatic heterocycles. The van der Waals surface area contributed by atoms with E-state index in [9.17, 15) is 31.3 Å². The molecule has 0 fully saturated rings. The van der Waals surface area contributed by atoms with E-state index in [-0.39, 0.29) is 32.8 Å². The average Bonchev–Trinajstić information content (AvgIpc) is 2.91. The molecular weight excluding hydrogens is 586 g/mol. The molecule has 4 aromatic rings. The van der Waals surface area contributed by atoms with E-state index in [4.69, 9.17) is 5.73 Å². The Morgan fingerprint density at radius 3 is 1.91 bits per heavy atom. The third-order valence-electron chi connectivity index (χ3n) is 7.99. The number of nitrogens with two attached hydrogens (primary N) is 1. The first-order valence-electron chi connectivity index (χ1n) is 14.0. The van der Waals surface area contributed by atoms with Crippen molar-refractivity contribution < 1.29 is 31.3 Å². The van der Waals surface area contributed by atoms with Gasteiger partial charge in [-0.25, -0.2) is 8.42 Å². The van der Waals surface area contributed by atoms with E-state index >= 15 is 0 Å². The highest BCUT2D eigenvalue weighted by Gasteiger charge is 2.25. The second kappa shape index (κ2) is 12.2. The van der Waals surface area contributed by atoms with Crippen molar-refractivity contribution in [2.24, 2.45) is 5.73 Å². The third kappa shape index (κ3) is 6.83. The van der Waals surface area contributed by atoms with Gasteiger partial charge in [-0.2, -0.15) is 8.42 Å². The Morgan fingerprint density at radius 1 is 0.837 bits per heavy atom. The van der Waals surface area contributed by atoms with Gasteiger partial charge in [-0.15, -0.1) is 0 Å². The van der Waals surface area contributed by atoms with E-state index in [0.29, 0.717) is 24.8 Å². The van der Waals surface area contributed by atoms with Crippen LogP contribution < -0.4 is 5.73 Å². The van der Waals surface area contributed by atoms with Crippen molar-refractivity contribution in [1.82, 2.24) is 0 Å². The van der Waals surface area contributed by atoms with Gasteiger partial charge in [-0.3, -0.25) is 9.35 Å². The number of benzene rings is 4. The maximum atomic E-state index is 12.5. The van der Waals surface area contributed by atoms with E-state index in [1.54, 1.807) is 12.1 Å². The summed E-state index contributed by atoms with van der Waals surface area (Å²) in [5.41, 5.74) is 12.3. The number of phenolic OH excluding ortho intramolecular Hbond substituents is 1. The normalized spacial score (nSPS) is 12.9. The number of fused-ring (bicyclic) bond motifs is 1. The predicted molar refractivity (Wildman–Crippen MR) is 169 cm³/mol. The Labute approximate surface area is 253 Å². The maximum absolute atomic E-state index is 12.5. The lowest BCUT2D eigenvalue weighted by Crippen LogP contribution is -2.31. The second-order valence-electron chi connectivity index (χ2n) is 11.2. The number of carbonyl (C=O) groups excluding carboxylic acids is 1. The summed E-state index contributed by atoms with van der Waals surface area (Å²) >= 11 is 0. The number of carbonyl (C=O) groups is 1. The van der Waals surface area contributed by atoms with Crippen molar-refractivity contribution in [2.45, 2.75) is 69.2 Å². The molecule has 4 aromatic carbocycles. The topological polar surface area (TPSA) is 152 Å². The smallest absolute Gasteiger partial charge is 0.294 e. The van der Waals surface area contributed by atoms with Gasteiger partial charge in [0.25, 0.3) is 10.1 Å². The molecule has 8 nitrogen and oxygen atoms in total. The first-order chi connectivity index (χ1) is 20.0. The highest BCUT2D eigenvalue weighted by molar-refractivity contribution is 7.91. The predicted octanol–water partition coefficient (Wildman–Crippen LogP) is 5.62. The van der Waals surface area contributed by atoms with Gasteiger partial charge in [-0.05, 0) is 77.8 Å². The van der Waals surface area contributed by atoms with Gasteiger partial charge in [0.1, 0.15) is 5.75 Å². The van der Waals surface area contributed by atoms with E-state index in [0.717, 1.165) is 52.1 Å². The number of sulfone groups is 1. The number of hydrogen-bond donors (Lipinski definition) is 3. The van der Waals surface area contributed by atoms with E-state index in [1.165, 1.54) is 6.92 Å². The molecule has 4 rings (SSSR count). The van der Waals surface area contributed by atoms with Crippen molar-refractivity contribution in [1.29, 1.82) is 0 Å². The molecule has 0 bridgehead atoms. The molecule has 10 heteroatoms. The molecule has 0 radical (unpaired) electrons. The van der Waals surface area contributed by atoms with Gasteiger partial charge >= 0.3 is 0 Å². The summed E-state index contributed by atoms with van der Waals surface area (Å²) in [6.07, 6.45) is 3.08. The molecule has 0 heterocycles. The Balaban J connectivity index is 1.68. The summed E-state index contributed by atoms with van der Waals surface area (Å²) in [7, 11) is -8.63. The highest BCUT2D eigenvalue weighted by atomic mass is 32.2.